The number of fused-ring (bicyclic) bond motifs is 1. The Kier molecular flexibility index (Phi) is 4.97. The lowest BCUT2D eigenvalue weighted by Gasteiger charge is -2.11. The van der Waals surface area contributed by atoms with Crippen molar-refractivity contribution in [2.75, 3.05) is 13.2 Å². The van der Waals surface area contributed by atoms with E-state index in [0.717, 1.165) is 32.2 Å². The molecule has 1 atom stereocenters. The summed E-state index contributed by atoms with van der Waals surface area (Å²) < 4.78 is 0. The van der Waals surface area contributed by atoms with Gasteiger partial charge in [-0.3, -0.25) is 4.79 Å². The van der Waals surface area contributed by atoms with Crippen molar-refractivity contribution in [3.05, 3.63) is 35.4 Å². The first-order valence-electron chi connectivity index (χ1n) is 7.16. The molecule has 0 heterocycles. The summed E-state index contributed by atoms with van der Waals surface area (Å²) in [5.41, 5.74) is 2.63. The smallest absolute Gasteiger partial charge is 0.223 e. The quantitative estimate of drug-likeness (QED) is 0.769. The summed E-state index contributed by atoms with van der Waals surface area (Å²) in [6.07, 6.45) is 3.64. The van der Waals surface area contributed by atoms with Gasteiger partial charge >= 0.3 is 0 Å². The number of amides is 1. The minimum Gasteiger partial charge on any atom is -0.396 e. The maximum atomic E-state index is 12.1. The summed E-state index contributed by atoms with van der Waals surface area (Å²) >= 11 is 0. The molecule has 0 spiro atoms. The van der Waals surface area contributed by atoms with Crippen LogP contribution in [0.2, 0.25) is 0 Å². The third-order valence-corrected chi connectivity index (χ3v) is 3.91. The first kappa shape index (κ1) is 14.1. The number of hydrogen-bond donors (Lipinski definition) is 2. The highest BCUT2D eigenvalue weighted by Crippen LogP contribution is 2.26. The third kappa shape index (κ3) is 3.80. The van der Waals surface area contributed by atoms with Crippen LogP contribution in [0, 0.1) is 11.8 Å². The predicted octanol–water partition coefficient (Wildman–Crippen LogP) is 1.93. The van der Waals surface area contributed by atoms with Crippen molar-refractivity contribution in [1.82, 2.24) is 5.32 Å². The monoisotopic (exact) mass is 261 g/mol. The highest BCUT2D eigenvalue weighted by atomic mass is 16.3. The molecule has 2 N–H and O–H groups in total. The van der Waals surface area contributed by atoms with E-state index >= 15 is 0 Å². The molecule has 0 saturated heterocycles. The van der Waals surface area contributed by atoms with Crippen LogP contribution >= 0.6 is 0 Å². The molecule has 1 unspecified atom stereocenters. The lowest BCUT2D eigenvalue weighted by molar-refractivity contribution is -0.124. The summed E-state index contributed by atoms with van der Waals surface area (Å²) in [6.45, 7) is 2.97. The van der Waals surface area contributed by atoms with Gasteiger partial charge in [0, 0.05) is 19.1 Å². The van der Waals surface area contributed by atoms with E-state index in [1.54, 1.807) is 0 Å². The van der Waals surface area contributed by atoms with Crippen LogP contribution in [0.4, 0.5) is 0 Å². The Balaban J connectivity index is 1.71. The number of carbonyl (C=O) groups is 1. The Morgan fingerprint density at radius 3 is 2.58 bits per heavy atom. The molecule has 2 rings (SSSR count). The molecule has 3 nitrogen and oxygen atoms in total. The van der Waals surface area contributed by atoms with Crippen LogP contribution in [-0.4, -0.2) is 24.2 Å². The van der Waals surface area contributed by atoms with Gasteiger partial charge in [-0.1, -0.05) is 31.2 Å². The van der Waals surface area contributed by atoms with E-state index in [1.165, 1.54) is 11.1 Å². The summed E-state index contributed by atoms with van der Waals surface area (Å²) in [7, 11) is 0. The van der Waals surface area contributed by atoms with Crippen molar-refractivity contribution in [1.29, 1.82) is 0 Å². The normalized spacial score (nSPS) is 16.1. The van der Waals surface area contributed by atoms with E-state index in [1.807, 2.05) is 19.1 Å². The Hall–Kier alpha value is -1.35. The zero-order valence-electron chi connectivity index (χ0n) is 11.6. The molecular formula is C16H23NO2. The molecule has 3 heteroatoms. The van der Waals surface area contributed by atoms with E-state index in [4.69, 9.17) is 5.11 Å². The standard InChI is InChI=1S/C16H23NO2/c1-12(11-18)5-4-8-17-16(19)15-9-13-6-2-3-7-14(13)10-15/h2-3,6-7,12,15,18H,4-5,8-11H2,1H3,(H,17,19). The van der Waals surface area contributed by atoms with Crippen molar-refractivity contribution in [3.8, 4) is 0 Å². The fourth-order valence-electron chi connectivity index (χ4n) is 2.64. The molecule has 0 bridgehead atoms. The Morgan fingerprint density at radius 2 is 2.00 bits per heavy atom. The van der Waals surface area contributed by atoms with Gasteiger partial charge in [0.2, 0.25) is 5.91 Å². The first-order valence-corrected chi connectivity index (χ1v) is 7.16. The number of rotatable bonds is 6. The van der Waals surface area contributed by atoms with Crippen LogP contribution in [0.15, 0.2) is 24.3 Å². The van der Waals surface area contributed by atoms with Crippen LogP contribution in [0.25, 0.3) is 0 Å². The van der Waals surface area contributed by atoms with E-state index in [-0.39, 0.29) is 18.4 Å². The van der Waals surface area contributed by atoms with Crippen LogP contribution < -0.4 is 5.32 Å². The fourth-order valence-corrected chi connectivity index (χ4v) is 2.64. The van der Waals surface area contributed by atoms with Gasteiger partial charge in [-0.2, -0.15) is 0 Å². The summed E-state index contributed by atoms with van der Waals surface area (Å²) in [4.78, 5) is 12.1. The molecule has 0 fully saturated rings. The van der Waals surface area contributed by atoms with Crippen LogP contribution in [0.3, 0.4) is 0 Å². The number of benzene rings is 1. The summed E-state index contributed by atoms with van der Waals surface area (Å²) in [5.74, 6) is 0.605. The largest absolute Gasteiger partial charge is 0.396 e. The zero-order valence-corrected chi connectivity index (χ0v) is 11.6. The van der Waals surface area contributed by atoms with Gasteiger partial charge in [-0.05, 0) is 42.7 Å². The second-order valence-electron chi connectivity index (χ2n) is 5.59. The van der Waals surface area contributed by atoms with E-state index in [2.05, 4.69) is 17.4 Å². The maximum absolute atomic E-state index is 12.1. The summed E-state index contributed by atoms with van der Waals surface area (Å²) in [6, 6.07) is 8.31. The Labute approximate surface area is 115 Å². The van der Waals surface area contributed by atoms with Gasteiger partial charge in [0.15, 0.2) is 0 Å². The van der Waals surface area contributed by atoms with Crippen molar-refractivity contribution in [3.63, 3.8) is 0 Å². The second kappa shape index (κ2) is 6.71. The van der Waals surface area contributed by atoms with E-state index in [0.29, 0.717) is 5.92 Å². The number of aliphatic hydroxyl groups is 1. The number of nitrogens with one attached hydrogen (secondary N) is 1. The van der Waals surface area contributed by atoms with Crippen LogP contribution in [-0.2, 0) is 17.6 Å². The average molecular weight is 261 g/mol. The van der Waals surface area contributed by atoms with E-state index in [9.17, 15) is 4.79 Å². The molecule has 0 aliphatic heterocycles. The van der Waals surface area contributed by atoms with Gasteiger partial charge in [0.05, 0.1) is 0 Å². The average Bonchev–Trinajstić information content (AvgIpc) is 2.87. The molecule has 1 aromatic carbocycles. The van der Waals surface area contributed by atoms with Crippen molar-refractivity contribution in [2.45, 2.75) is 32.6 Å². The van der Waals surface area contributed by atoms with Crippen LogP contribution in [0.1, 0.15) is 30.9 Å². The topological polar surface area (TPSA) is 49.3 Å². The van der Waals surface area contributed by atoms with Gasteiger partial charge < -0.3 is 10.4 Å². The van der Waals surface area contributed by atoms with Crippen molar-refractivity contribution in [2.24, 2.45) is 11.8 Å². The fraction of sp³-hybridized carbons (Fsp3) is 0.562. The van der Waals surface area contributed by atoms with Gasteiger partial charge in [-0.15, -0.1) is 0 Å². The highest BCUT2D eigenvalue weighted by molar-refractivity contribution is 5.80. The molecule has 0 aromatic heterocycles. The zero-order chi connectivity index (χ0) is 13.7. The molecule has 0 saturated carbocycles. The molecule has 0 radical (unpaired) electrons. The predicted molar refractivity (Wildman–Crippen MR) is 75.8 cm³/mol. The Morgan fingerprint density at radius 1 is 1.37 bits per heavy atom. The van der Waals surface area contributed by atoms with Gasteiger partial charge in [-0.25, -0.2) is 0 Å². The third-order valence-electron chi connectivity index (χ3n) is 3.91. The van der Waals surface area contributed by atoms with Crippen LogP contribution in [0.5, 0.6) is 0 Å². The first-order chi connectivity index (χ1) is 9.20. The Bertz CT molecular complexity index is 406. The minimum atomic E-state index is 0.104. The summed E-state index contributed by atoms with van der Waals surface area (Å²) in [5, 5.41) is 11.9. The molecule has 1 aliphatic rings. The molecule has 104 valence electrons. The molecular weight excluding hydrogens is 238 g/mol. The SMILES string of the molecule is CC(CO)CCCNC(=O)C1Cc2ccccc2C1. The molecule has 1 aliphatic carbocycles. The lowest BCUT2D eigenvalue weighted by Crippen LogP contribution is -2.32. The highest BCUT2D eigenvalue weighted by Gasteiger charge is 2.26. The molecule has 19 heavy (non-hydrogen) atoms. The molecule has 1 amide bonds. The maximum Gasteiger partial charge on any atom is 0.223 e. The van der Waals surface area contributed by atoms with Crippen molar-refractivity contribution < 1.29 is 9.90 Å². The van der Waals surface area contributed by atoms with Gasteiger partial charge in [0.25, 0.3) is 0 Å². The number of aliphatic hydroxyl groups excluding tert-OH is 1. The molecule has 1 aromatic rings. The van der Waals surface area contributed by atoms with Gasteiger partial charge in [0.1, 0.15) is 0 Å². The minimum absolute atomic E-state index is 0.104. The van der Waals surface area contributed by atoms with Crippen molar-refractivity contribution >= 4 is 5.91 Å². The lowest BCUT2D eigenvalue weighted by atomic mass is 10.0. The van der Waals surface area contributed by atoms with E-state index < -0.39 is 0 Å². The second-order valence-corrected chi connectivity index (χ2v) is 5.59. The number of hydrogen-bond acceptors (Lipinski definition) is 2. The number of carbonyl (C=O) groups excluding carboxylic acids is 1.